The Morgan fingerprint density at radius 3 is 2.70 bits per heavy atom. The van der Waals surface area contributed by atoms with Gasteiger partial charge >= 0.3 is 6.09 Å². The number of likely N-dealkylation sites (tertiary alicyclic amines) is 1. The quantitative estimate of drug-likeness (QED) is 0.768. The monoisotopic (exact) mass is 415 g/mol. The lowest BCUT2D eigenvalue weighted by Gasteiger charge is -2.42. The van der Waals surface area contributed by atoms with Crippen LogP contribution in [-0.4, -0.2) is 51.9 Å². The average molecular weight is 415 g/mol. The Bertz CT molecular complexity index is 884. The minimum atomic E-state index is -1.04. The second-order valence-corrected chi connectivity index (χ2v) is 9.33. The van der Waals surface area contributed by atoms with Gasteiger partial charge in [0.25, 0.3) is 0 Å². The van der Waals surface area contributed by atoms with Gasteiger partial charge in [-0.25, -0.2) is 4.79 Å². The van der Waals surface area contributed by atoms with Gasteiger partial charge in [-0.15, -0.1) is 0 Å². The number of ether oxygens (including phenoxy) is 2. The van der Waals surface area contributed by atoms with Gasteiger partial charge in [0.15, 0.2) is 0 Å². The molecule has 2 N–H and O–H groups in total. The third kappa shape index (κ3) is 4.36. The van der Waals surface area contributed by atoms with Crippen LogP contribution < -0.4 is 10.1 Å². The number of nitriles is 1. The second-order valence-electron chi connectivity index (χ2n) is 9.33. The van der Waals surface area contributed by atoms with E-state index in [1.807, 2.05) is 0 Å². The summed E-state index contributed by atoms with van der Waals surface area (Å²) in [7, 11) is 0. The minimum absolute atomic E-state index is 0.367. The van der Waals surface area contributed by atoms with Gasteiger partial charge in [-0.1, -0.05) is 0 Å². The van der Waals surface area contributed by atoms with Crippen LogP contribution in [0.1, 0.15) is 64.6 Å². The molecule has 1 fully saturated rings. The number of rotatable bonds is 2. The summed E-state index contributed by atoms with van der Waals surface area (Å²) in [6.07, 6.45) is -0.368. The minimum Gasteiger partial charge on any atom is -0.485 e. The standard InChI is InChI=1S/C22H29N3O5/c1-21(2,3)30-20(28)25-10-6-7-15(25)19(27)24-17-14-11-13(12-23)8-9-16(14)29-22(4,5)18(17)26/h8-9,11,15,17-18,26H,6-7,10H2,1-5H3,(H,24,27)/t15-,17-,18+/m0/s1. The molecule has 2 heterocycles. The van der Waals surface area contributed by atoms with Gasteiger partial charge in [-0.3, -0.25) is 9.69 Å². The average Bonchev–Trinajstić information content (AvgIpc) is 3.13. The van der Waals surface area contributed by atoms with E-state index in [0.717, 1.165) is 0 Å². The Morgan fingerprint density at radius 2 is 2.07 bits per heavy atom. The highest BCUT2D eigenvalue weighted by Crippen LogP contribution is 2.40. The fraction of sp³-hybridized carbons (Fsp3) is 0.591. The predicted molar refractivity (Wildman–Crippen MR) is 109 cm³/mol. The third-order valence-corrected chi connectivity index (χ3v) is 5.36. The van der Waals surface area contributed by atoms with E-state index in [1.165, 1.54) is 4.90 Å². The Morgan fingerprint density at radius 1 is 1.37 bits per heavy atom. The maximum Gasteiger partial charge on any atom is 0.410 e. The molecule has 1 aromatic carbocycles. The first-order valence-corrected chi connectivity index (χ1v) is 10.1. The van der Waals surface area contributed by atoms with Crippen LogP contribution in [0.2, 0.25) is 0 Å². The molecule has 162 valence electrons. The predicted octanol–water partition coefficient (Wildman–Crippen LogP) is 2.65. The summed E-state index contributed by atoms with van der Waals surface area (Å²) in [5.74, 6) is 0.137. The molecule has 3 rings (SSSR count). The van der Waals surface area contributed by atoms with Crippen molar-refractivity contribution in [1.29, 1.82) is 5.26 Å². The molecule has 8 nitrogen and oxygen atoms in total. The fourth-order valence-electron chi connectivity index (χ4n) is 3.85. The van der Waals surface area contributed by atoms with E-state index in [0.29, 0.717) is 36.3 Å². The molecule has 2 amide bonds. The highest BCUT2D eigenvalue weighted by molar-refractivity contribution is 5.86. The summed E-state index contributed by atoms with van der Waals surface area (Å²) in [5, 5.41) is 23.0. The third-order valence-electron chi connectivity index (χ3n) is 5.36. The van der Waals surface area contributed by atoms with Crippen molar-refractivity contribution in [3.05, 3.63) is 29.3 Å². The highest BCUT2D eigenvalue weighted by atomic mass is 16.6. The van der Waals surface area contributed by atoms with E-state index in [-0.39, 0.29) is 5.91 Å². The van der Waals surface area contributed by atoms with E-state index in [2.05, 4.69) is 11.4 Å². The van der Waals surface area contributed by atoms with Gasteiger partial charge in [0.05, 0.1) is 17.7 Å². The number of carbonyl (C=O) groups is 2. The molecule has 0 unspecified atom stereocenters. The summed E-state index contributed by atoms with van der Waals surface area (Å²) in [6.45, 7) is 9.24. The summed E-state index contributed by atoms with van der Waals surface area (Å²) in [4.78, 5) is 27.1. The number of hydrogen-bond acceptors (Lipinski definition) is 6. The lowest BCUT2D eigenvalue weighted by molar-refractivity contribution is -0.129. The number of aliphatic hydroxyl groups excluding tert-OH is 1. The van der Waals surface area contributed by atoms with Crippen molar-refractivity contribution in [1.82, 2.24) is 10.2 Å². The van der Waals surface area contributed by atoms with Crippen LogP contribution in [0.4, 0.5) is 4.79 Å². The molecule has 0 bridgehead atoms. The maximum atomic E-state index is 13.1. The van der Waals surface area contributed by atoms with Crippen LogP contribution in [0.3, 0.4) is 0 Å². The summed E-state index contributed by atoms with van der Waals surface area (Å²) >= 11 is 0. The first kappa shape index (κ1) is 21.9. The first-order valence-electron chi connectivity index (χ1n) is 10.1. The zero-order valence-electron chi connectivity index (χ0n) is 18.1. The Kier molecular flexibility index (Phi) is 5.70. The summed E-state index contributed by atoms with van der Waals surface area (Å²) in [6, 6.07) is 5.53. The molecule has 0 aromatic heterocycles. The number of fused-ring (bicyclic) bond motifs is 1. The molecule has 30 heavy (non-hydrogen) atoms. The van der Waals surface area contributed by atoms with Gasteiger partial charge in [0.2, 0.25) is 5.91 Å². The number of nitrogens with zero attached hydrogens (tertiary/aromatic N) is 2. The lowest BCUT2D eigenvalue weighted by Crippen LogP contribution is -2.56. The zero-order valence-corrected chi connectivity index (χ0v) is 18.1. The molecule has 8 heteroatoms. The van der Waals surface area contributed by atoms with Crippen LogP contribution in [0.5, 0.6) is 5.75 Å². The van der Waals surface area contributed by atoms with Crippen molar-refractivity contribution in [2.45, 2.75) is 76.9 Å². The molecular formula is C22H29N3O5. The zero-order chi connectivity index (χ0) is 22.3. The summed E-state index contributed by atoms with van der Waals surface area (Å²) < 4.78 is 11.3. The molecular weight excluding hydrogens is 386 g/mol. The van der Waals surface area contributed by atoms with Crippen molar-refractivity contribution in [2.24, 2.45) is 0 Å². The Labute approximate surface area is 176 Å². The largest absolute Gasteiger partial charge is 0.485 e. The number of carbonyl (C=O) groups excluding carboxylic acids is 2. The molecule has 0 radical (unpaired) electrons. The molecule has 1 aromatic rings. The topological polar surface area (TPSA) is 112 Å². The van der Waals surface area contributed by atoms with E-state index >= 15 is 0 Å². The van der Waals surface area contributed by atoms with Gasteiger partial charge in [-0.2, -0.15) is 5.26 Å². The van der Waals surface area contributed by atoms with Crippen LogP contribution in [0.25, 0.3) is 0 Å². The van der Waals surface area contributed by atoms with Gasteiger partial charge < -0.3 is 19.9 Å². The van der Waals surface area contributed by atoms with Crippen LogP contribution in [-0.2, 0) is 9.53 Å². The Balaban J connectivity index is 1.85. The van der Waals surface area contributed by atoms with E-state index in [4.69, 9.17) is 9.47 Å². The molecule has 0 aliphatic carbocycles. The number of benzene rings is 1. The Hall–Kier alpha value is -2.79. The van der Waals surface area contributed by atoms with Crippen molar-refractivity contribution in [2.75, 3.05) is 6.54 Å². The SMILES string of the molecule is CC(C)(C)OC(=O)N1CCC[C@H]1C(=O)N[C@H]1c2cc(C#N)ccc2OC(C)(C)[C@@H]1O. The molecule has 0 saturated carbocycles. The fourth-order valence-corrected chi connectivity index (χ4v) is 3.85. The van der Waals surface area contributed by atoms with Crippen molar-refractivity contribution >= 4 is 12.0 Å². The number of nitrogens with one attached hydrogen (secondary N) is 1. The number of hydrogen-bond donors (Lipinski definition) is 2. The normalized spacial score (nSPS) is 25.0. The van der Waals surface area contributed by atoms with E-state index in [1.54, 1.807) is 52.8 Å². The lowest BCUT2D eigenvalue weighted by atomic mass is 9.85. The maximum absolute atomic E-state index is 13.1. The first-order chi connectivity index (χ1) is 13.9. The molecule has 0 spiro atoms. The van der Waals surface area contributed by atoms with E-state index in [9.17, 15) is 20.0 Å². The smallest absolute Gasteiger partial charge is 0.410 e. The van der Waals surface area contributed by atoms with Crippen molar-refractivity contribution in [3.8, 4) is 11.8 Å². The van der Waals surface area contributed by atoms with E-state index < -0.39 is 35.5 Å². The molecule has 3 atom stereocenters. The van der Waals surface area contributed by atoms with Crippen LogP contribution >= 0.6 is 0 Å². The molecule has 2 aliphatic heterocycles. The highest BCUT2D eigenvalue weighted by Gasteiger charge is 2.45. The van der Waals surface area contributed by atoms with Crippen LogP contribution in [0.15, 0.2) is 18.2 Å². The van der Waals surface area contributed by atoms with Crippen molar-refractivity contribution in [3.63, 3.8) is 0 Å². The van der Waals surface area contributed by atoms with Gasteiger partial charge in [0, 0.05) is 12.1 Å². The second kappa shape index (κ2) is 7.80. The number of aliphatic hydroxyl groups is 1. The molecule has 1 saturated heterocycles. The molecule has 2 aliphatic rings. The number of amides is 2. The van der Waals surface area contributed by atoms with Gasteiger partial charge in [0.1, 0.15) is 29.1 Å². The van der Waals surface area contributed by atoms with Crippen molar-refractivity contribution < 1.29 is 24.2 Å². The van der Waals surface area contributed by atoms with Gasteiger partial charge in [-0.05, 0) is 65.7 Å². The summed E-state index contributed by atoms with van der Waals surface area (Å²) in [5.41, 5.74) is -0.663. The van der Waals surface area contributed by atoms with Crippen LogP contribution in [0, 0.1) is 11.3 Å².